The van der Waals surface area contributed by atoms with Gasteiger partial charge in [-0.1, -0.05) is 36.8 Å². The summed E-state index contributed by atoms with van der Waals surface area (Å²) >= 11 is 0. The summed E-state index contributed by atoms with van der Waals surface area (Å²) < 4.78 is 0. The second-order valence-electron chi connectivity index (χ2n) is 5.61. The van der Waals surface area contributed by atoms with Crippen LogP contribution in [0.2, 0.25) is 0 Å². The highest BCUT2D eigenvalue weighted by Gasteiger charge is 2.08. The molecule has 1 aromatic carbocycles. The van der Waals surface area contributed by atoms with Crippen molar-refractivity contribution in [2.24, 2.45) is 0 Å². The summed E-state index contributed by atoms with van der Waals surface area (Å²) in [6, 6.07) is 10.9. The Morgan fingerprint density at radius 3 is 2.43 bits per heavy atom. The number of nitrogens with one attached hydrogen (secondary N) is 1. The molecule has 2 rings (SSSR count). The van der Waals surface area contributed by atoms with Crippen LogP contribution < -0.4 is 10.2 Å². The number of anilines is 1. The van der Waals surface area contributed by atoms with E-state index in [1.165, 1.54) is 22.3 Å². The minimum atomic E-state index is 0.876. The number of benzene rings is 1. The quantitative estimate of drug-likeness (QED) is 0.880. The lowest BCUT2D eigenvalue weighted by molar-refractivity contribution is 0.723. The summed E-state index contributed by atoms with van der Waals surface area (Å²) in [5.41, 5.74) is 5.06. The van der Waals surface area contributed by atoms with E-state index >= 15 is 0 Å². The standard InChI is InChI=1S/C18H25N3/c1-5-19-11-17-10-15(3)18(20-12-17)21(4)13-16-8-6-14(2)7-9-16/h6-10,12,19H,5,11,13H2,1-4H3. The topological polar surface area (TPSA) is 28.2 Å². The summed E-state index contributed by atoms with van der Waals surface area (Å²) in [5.74, 6) is 1.05. The SMILES string of the molecule is CCNCc1cnc(N(C)Cc2ccc(C)cc2)c(C)c1. The molecular formula is C18H25N3. The molecule has 0 atom stereocenters. The van der Waals surface area contributed by atoms with E-state index in [2.05, 4.69) is 73.4 Å². The number of hydrogen-bond donors (Lipinski definition) is 1. The lowest BCUT2D eigenvalue weighted by atomic mass is 10.1. The minimum Gasteiger partial charge on any atom is -0.355 e. The van der Waals surface area contributed by atoms with E-state index in [0.717, 1.165) is 25.5 Å². The van der Waals surface area contributed by atoms with Crippen LogP contribution in [0, 0.1) is 13.8 Å². The molecule has 112 valence electrons. The normalized spacial score (nSPS) is 10.7. The Labute approximate surface area is 128 Å². The van der Waals surface area contributed by atoms with Gasteiger partial charge in [-0.05, 0) is 43.1 Å². The molecule has 0 aliphatic heterocycles. The fourth-order valence-electron chi connectivity index (χ4n) is 2.43. The molecule has 0 bridgehead atoms. The van der Waals surface area contributed by atoms with Crippen LogP contribution >= 0.6 is 0 Å². The van der Waals surface area contributed by atoms with E-state index < -0.39 is 0 Å². The zero-order valence-electron chi connectivity index (χ0n) is 13.5. The molecular weight excluding hydrogens is 258 g/mol. The predicted octanol–water partition coefficient (Wildman–Crippen LogP) is 3.44. The molecule has 21 heavy (non-hydrogen) atoms. The number of pyridine rings is 1. The van der Waals surface area contributed by atoms with Crippen LogP contribution in [0.25, 0.3) is 0 Å². The average Bonchev–Trinajstić information content (AvgIpc) is 2.47. The highest BCUT2D eigenvalue weighted by molar-refractivity contribution is 5.47. The molecule has 2 aromatic rings. The van der Waals surface area contributed by atoms with E-state index in [-0.39, 0.29) is 0 Å². The van der Waals surface area contributed by atoms with Crippen molar-refractivity contribution in [2.45, 2.75) is 33.9 Å². The number of aromatic nitrogens is 1. The van der Waals surface area contributed by atoms with Gasteiger partial charge in [0, 0.05) is 26.3 Å². The zero-order valence-corrected chi connectivity index (χ0v) is 13.5. The maximum Gasteiger partial charge on any atom is 0.131 e. The van der Waals surface area contributed by atoms with E-state index in [9.17, 15) is 0 Å². The van der Waals surface area contributed by atoms with Gasteiger partial charge in [-0.2, -0.15) is 0 Å². The van der Waals surface area contributed by atoms with Gasteiger partial charge in [0.05, 0.1) is 0 Å². The Hall–Kier alpha value is -1.87. The van der Waals surface area contributed by atoms with E-state index in [1.54, 1.807) is 0 Å². The summed E-state index contributed by atoms with van der Waals surface area (Å²) in [6.07, 6.45) is 1.97. The first-order valence-electron chi connectivity index (χ1n) is 7.53. The van der Waals surface area contributed by atoms with Gasteiger partial charge in [0.2, 0.25) is 0 Å². The molecule has 1 aromatic heterocycles. The molecule has 0 spiro atoms. The van der Waals surface area contributed by atoms with Crippen LogP contribution in [0.1, 0.15) is 29.2 Å². The minimum absolute atomic E-state index is 0.876. The van der Waals surface area contributed by atoms with Crippen molar-refractivity contribution in [2.75, 3.05) is 18.5 Å². The van der Waals surface area contributed by atoms with Crippen LogP contribution in [0.5, 0.6) is 0 Å². The molecule has 0 unspecified atom stereocenters. The fourth-order valence-corrected chi connectivity index (χ4v) is 2.43. The molecule has 0 aliphatic carbocycles. The van der Waals surface area contributed by atoms with Crippen molar-refractivity contribution in [1.29, 1.82) is 0 Å². The third kappa shape index (κ3) is 4.30. The molecule has 1 heterocycles. The van der Waals surface area contributed by atoms with Gasteiger partial charge in [-0.3, -0.25) is 0 Å². The van der Waals surface area contributed by atoms with Crippen LogP contribution in [-0.2, 0) is 13.1 Å². The van der Waals surface area contributed by atoms with Gasteiger partial charge in [0.25, 0.3) is 0 Å². The average molecular weight is 283 g/mol. The Morgan fingerprint density at radius 1 is 1.10 bits per heavy atom. The van der Waals surface area contributed by atoms with Gasteiger partial charge in [0.1, 0.15) is 5.82 Å². The second kappa shape index (κ2) is 7.23. The van der Waals surface area contributed by atoms with Crippen LogP contribution in [-0.4, -0.2) is 18.6 Å². The van der Waals surface area contributed by atoms with Crippen molar-refractivity contribution in [1.82, 2.24) is 10.3 Å². The lowest BCUT2D eigenvalue weighted by Crippen LogP contribution is -2.19. The molecule has 0 radical (unpaired) electrons. The molecule has 1 N–H and O–H groups in total. The van der Waals surface area contributed by atoms with Crippen molar-refractivity contribution >= 4 is 5.82 Å². The summed E-state index contributed by atoms with van der Waals surface area (Å²) in [6.45, 7) is 9.09. The number of nitrogens with zero attached hydrogens (tertiary/aromatic N) is 2. The largest absolute Gasteiger partial charge is 0.355 e. The third-order valence-electron chi connectivity index (χ3n) is 3.59. The highest BCUT2D eigenvalue weighted by Crippen LogP contribution is 2.19. The van der Waals surface area contributed by atoms with Crippen molar-refractivity contribution in [3.63, 3.8) is 0 Å². The van der Waals surface area contributed by atoms with Crippen LogP contribution in [0.4, 0.5) is 5.82 Å². The Balaban J connectivity index is 2.08. The van der Waals surface area contributed by atoms with Crippen molar-refractivity contribution < 1.29 is 0 Å². The Morgan fingerprint density at radius 2 is 1.81 bits per heavy atom. The van der Waals surface area contributed by atoms with Gasteiger partial charge >= 0.3 is 0 Å². The third-order valence-corrected chi connectivity index (χ3v) is 3.59. The van der Waals surface area contributed by atoms with Gasteiger partial charge in [-0.25, -0.2) is 4.98 Å². The smallest absolute Gasteiger partial charge is 0.131 e. The summed E-state index contributed by atoms with van der Waals surface area (Å²) in [5, 5.41) is 3.33. The number of hydrogen-bond acceptors (Lipinski definition) is 3. The zero-order chi connectivity index (χ0) is 15.2. The van der Waals surface area contributed by atoms with E-state index in [1.807, 2.05) is 6.20 Å². The van der Waals surface area contributed by atoms with E-state index in [0.29, 0.717) is 0 Å². The predicted molar refractivity (Wildman–Crippen MR) is 89.6 cm³/mol. The van der Waals surface area contributed by atoms with Gasteiger partial charge < -0.3 is 10.2 Å². The fraction of sp³-hybridized carbons (Fsp3) is 0.389. The molecule has 3 nitrogen and oxygen atoms in total. The molecule has 0 saturated heterocycles. The molecule has 3 heteroatoms. The first-order chi connectivity index (χ1) is 10.1. The van der Waals surface area contributed by atoms with Crippen molar-refractivity contribution in [3.8, 4) is 0 Å². The second-order valence-corrected chi connectivity index (χ2v) is 5.61. The molecule has 0 aliphatic rings. The molecule has 0 fully saturated rings. The maximum atomic E-state index is 4.63. The van der Waals surface area contributed by atoms with E-state index in [4.69, 9.17) is 0 Å². The van der Waals surface area contributed by atoms with Gasteiger partial charge in [0.15, 0.2) is 0 Å². The summed E-state index contributed by atoms with van der Waals surface area (Å²) in [7, 11) is 2.10. The first kappa shape index (κ1) is 15.5. The highest BCUT2D eigenvalue weighted by atomic mass is 15.2. The monoisotopic (exact) mass is 283 g/mol. The Bertz CT molecular complexity index is 576. The first-order valence-corrected chi connectivity index (χ1v) is 7.53. The van der Waals surface area contributed by atoms with Crippen LogP contribution in [0.3, 0.4) is 0 Å². The van der Waals surface area contributed by atoms with Gasteiger partial charge in [-0.15, -0.1) is 0 Å². The van der Waals surface area contributed by atoms with Crippen LogP contribution in [0.15, 0.2) is 36.5 Å². The lowest BCUT2D eigenvalue weighted by Gasteiger charge is -2.21. The number of aryl methyl sites for hydroxylation is 2. The number of rotatable bonds is 6. The Kier molecular flexibility index (Phi) is 5.34. The molecule has 0 amide bonds. The van der Waals surface area contributed by atoms with Crippen molar-refractivity contribution in [3.05, 3.63) is 58.8 Å². The molecule has 0 saturated carbocycles. The summed E-state index contributed by atoms with van der Waals surface area (Å²) in [4.78, 5) is 6.84. The maximum absolute atomic E-state index is 4.63.